The Kier molecular flexibility index (Phi) is 4.36. The second kappa shape index (κ2) is 5.14. The van der Waals surface area contributed by atoms with Crippen LogP contribution in [0.3, 0.4) is 0 Å². The number of hydrogen-bond acceptors (Lipinski definition) is 3. The van der Waals surface area contributed by atoms with Crippen molar-refractivity contribution in [2.24, 2.45) is 0 Å². The Labute approximate surface area is 99.7 Å². The highest BCUT2D eigenvalue weighted by Crippen LogP contribution is 2.25. The van der Waals surface area contributed by atoms with Crippen LogP contribution in [0, 0.1) is 5.82 Å². The van der Waals surface area contributed by atoms with Gasteiger partial charge < -0.3 is 4.74 Å². The zero-order valence-electron chi connectivity index (χ0n) is 7.41. The van der Waals surface area contributed by atoms with E-state index in [0.29, 0.717) is 10.2 Å². The summed E-state index contributed by atoms with van der Waals surface area (Å²) < 4.78 is 39.3. The van der Waals surface area contributed by atoms with Gasteiger partial charge in [0.25, 0.3) is 0 Å². The highest BCUT2D eigenvalue weighted by Gasteiger charge is 2.07. The standard InChI is InChI=1S/C8H7BrClFO3S/c9-7-5-6(11)1-2-8(7)14-3-4-15(10,12)13/h1-2,5H,3-4H2. The van der Waals surface area contributed by atoms with Crippen LogP contribution in [0.5, 0.6) is 5.75 Å². The van der Waals surface area contributed by atoms with E-state index in [-0.39, 0.29) is 12.4 Å². The number of rotatable bonds is 4. The molecule has 0 aromatic heterocycles. The minimum atomic E-state index is -3.56. The highest BCUT2D eigenvalue weighted by atomic mass is 79.9. The maximum absolute atomic E-state index is 12.7. The van der Waals surface area contributed by atoms with Crippen LogP contribution in [0.2, 0.25) is 0 Å². The largest absolute Gasteiger partial charge is 0.491 e. The van der Waals surface area contributed by atoms with Crippen molar-refractivity contribution in [3.63, 3.8) is 0 Å². The predicted molar refractivity (Wildman–Crippen MR) is 59.2 cm³/mol. The van der Waals surface area contributed by atoms with Crippen LogP contribution in [0.25, 0.3) is 0 Å². The molecule has 0 unspecified atom stereocenters. The smallest absolute Gasteiger partial charge is 0.235 e. The summed E-state index contributed by atoms with van der Waals surface area (Å²) in [6.45, 7) is -0.0733. The molecule has 84 valence electrons. The van der Waals surface area contributed by atoms with E-state index in [1.165, 1.54) is 18.2 Å². The average molecular weight is 318 g/mol. The molecule has 0 aliphatic carbocycles. The molecule has 7 heteroatoms. The van der Waals surface area contributed by atoms with Crippen molar-refractivity contribution in [1.82, 2.24) is 0 Å². The van der Waals surface area contributed by atoms with Gasteiger partial charge in [-0.2, -0.15) is 0 Å². The van der Waals surface area contributed by atoms with Gasteiger partial charge in [0, 0.05) is 10.7 Å². The first-order valence-corrected chi connectivity index (χ1v) is 7.16. The summed E-state index contributed by atoms with van der Waals surface area (Å²) in [7, 11) is 1.43. The third-order valence-corrected chi connectivity index (χ3v) is 3.22. The summed E-state index contributed by atoms with van der Waals surface area (Å²) in [5.74, 6) is -0.325. The fraction of sp³-hybridized carbons (Fsp3) is 0.250. The molecular formula is C8H7BrClFO3S. The van der Waals surface area contributed by atoms with Gasteiger partial charge in [-0.3, -0.25) is 0 Å². The molecule has 0 heterocycles. The monoisotopic (exact) mass is 316 g/mol. The number of benzene rings is 1. The lowest BCUT2D eigenvalue weighted by Crippen LogP contribution is -2.09. The summed E-state index contributed by atoms with van der Waals surface area (Å²) in [6.07, 6.45) is 0. The van der Waals surface area contributed by atoms with Gasteiger partial charge >= 0.3 is 0 Å². The van der Waals surface area contributed by atoms with Crippen molar-refractivity contribution in [2.45, 2.75) is 0 Å². The maximum atomic E-state index is 12.7. The Morgan fingerprint density at radius 1 is 1.47 bits per heavy atom. The molecule has 1 aromatic carbocycles. The van der Waals surface area contributed by atoms with Gasteiger partial charge in [-0.15, -0.1) is 0 Å². The lowest BCUT2D eigenvalue weighted by Gasteiger charge is -2.06. The lowest BCUT2D eigenvalue weighted by molar-refractivity contribution is 0.338. The van der Waals surface area contributed by atoms with E-state index in [2.05, 4.69) is 15.9 Å². The Hall–Kier alpha value is -0.330. The van der Waals surface area contributed by atoms with E-state index in [0.717, 1.165) is 0 Å². The molecule has 15 heavy (non-hydrogen) atoms. The second-order valence-electron chi connectivity index (χ2n) is 2.67. The lowest BCUT2D eigenvalue weighted by atomic mass is 10.3. The number of ether oxygens (including phenoxy) is 1. The fourth-order valence-electron chi connectivity index (χ4n) is 0.843. The van der Waals surface area contributed by atoms with Crippen LogP contribution < -0.4 is 4.74 Å². The van der Waals surface area contributed by atoms with Crippen LogP contribution in [0.15, 0.2) is 22.7 Å². The van der Waals surface area contributed by atoms with E-state index >= 15 is 0 Å². The van der Waals surface area contributed by atoms with E-state index in [9.17, 15) is 12.8 Å². The zero-order chi connectivity index (χ0) is 11.5. The minimum absolute atomic E-state index is 0.0733. The fourth-order valence-corrected chi connectivity index (χ4v) is 1.78. The van der Waals surface area contributed by atoms with Crippen molar-refractivity contribution in [3.8, 4) is 5.75 Å². The summed E-state index contributed by atoms with van der Waals surface area (Å²) in [4.78, 5) is 0. The Balaban J connectivity index is 2.59. The Morgan fingerprint density at radius 3 is 2.67 bits per heavy atom. The van der Waals surface area contributed by atoms with Crippen molar-refractivity contribution in [2.75, 3.05) is 12.4 Å². The quantitative estimate of drug-likeness (QED) is 0.802. The van der Waals surface area contributed by atoms with E-state index in [1.807, 2.05) is 0 Å². The van der Waals surface area contributed by atoms with Crippen LogP contribution in [0.4, 0.5) is 4.39 Å². The third kappa shape index (κ3) is 4.81. The second-order valence-corrected chi connectivity index (χ2v) is 6.42. The van der Waals surface area contributed by atoms with Crippen LogP contribution >= 0.6 is 26.6 Å². The van der Waals surface area contributed by atoms with Gasteiger partial charge in [-0.25, -0.2) is 12.8 Å². The summed E-state index contributed by atoms with van der Waals surface area (Å²) >= 11 is 3.08. The molecule has 0 saturated carbocycles. The topological polar surface area (TPSA) is 43.4 Å². The van der Waals surface area contributed by atoms with Gasteiger partial charge in [0.05, 0.1) is 10.2 Å². The third-order valence-electron chi connectivity index (χ3n) is 1.48. The van der Waals surface area contributed by atoms with E-state index in [4.69, 9.17) is 15.4 Å². The number of halogens is 3. The molecule has 0 aliphatic heterocycles. The van der Waals surface area contributed by atoms with Gasteiger partial charge in [-0.05, 0) is 34.1 Å². The number of hydrogen-bond donors (Lipinski definition) is 0. The molecule has 0 saturated heterocycles. The van der Waals surface area contributed by atoms with Gasteiger partial charge in [0.15, 0.2) is 0 Å². The summed E-state index contributed by atoms with van der Waals surface area (Å²) in [6, 6.07) is 3.85. The molecule has 0 N–H and O–H groups in total. The predicted octanol–water partition coefficient (Wildman–Crippen LogP) is 2.54. The Morgan fingerprint density at radius 2 is 2.13 bits per heavy atom. The molecule has 0 atom stereocenters. The van der Waals surface area contributed by atoms with Crippen molar-refractivity contribution < 1.29 is 17.5 Å². The highest BCUT2D eigenvalue weighted by molar-refractivity contribution is 9.10. The van der Waals surface area contributed by atoms with Crippen molar-refractivity contribution in [1.29, 1.82) is 0 Å². The Bertz CT molecular complexity index is 449. The van der Waals surface area contributed by atoms with Gasteiger partial charge in [-0.1, -0.05) is 0 Å². The molecule has 1 aromatic rings. The molecule has 3 nitrogen and oxygen atoms in total. The molecule has 0 aliphatic rings. The van der Waals surface area contributed by atoms with Gasteiger partial charge in [0.2, 0.25) is 9.05 Å². The van der Waals surface area contributed by atoms with E-state index < -0.39 is 14.9 Å². The first kappa shape index (κ1) is 12.7. The van der Waals surface area contributed by atoms with Crippen LogP contribution in [-0.4, -0.2) is 20.8 Å². The minimum Gasteiger partial charge on any atom is -0.491 e. The molecule has 0 radical (unpaired) electrons. The molecule has 0 fully saturated rings. The van der Waals surface area contributed by atoms with Crippen LogP contribution in [-0.2, 0) is 9.05 Å². The summed E-state index contributed by atoms with van der Waals surface area (Å²) in [5, 5.41) is 0. The van der Waals surface area contributed by atoms with E-state index in [1.54, 1.807) is 0 Å². The first-order valence-electron chi connectivity index (χ1n) is 3.89. The van der Waals surface area contributed by atoms with Crippen molar-refractivity contribution in [3.05, 3.63) is 28.5 Å². The zero-order valence-corrected chi connectivity index (χ0v) is 10.6. The molecule has 0 spiro atoms. The molecule has 0 amide bonds. The normalized spacial score (nSPS) is 11.4. The maximum Gasteiger partial charge on any atom is 0.235 e. The average Bonchev–Trinajstić information content (AvgIpc) is 2.07. The SMILES string of the molecule is O=S(=O)(Cl)CCOc1ccc(F)cc1Br. The molecular weight excluding hydrogens is 311 g/mol. The van der Waals surface area contributed by atoms with Crippen LogP contribution in [0.1, 0.15) is 0 Å². The molecule has 1 rings (SSSR count). The molecule has 0 bridgehead atoms. The summed E-state index contributed by atoms with van der Waals surface area (Å²) in [5.41, 5.74) is 0. The van der Waals surface area contributed by atoms with Gasteiger partial charge in [0.1, 0.15) is 18.2 Å². The van der Waals surface area contributed by atoms with Crippen molar-refractivity contribution >= 4 is 35.7 Å². The first-order chi connectivity index (χ1) is 6.88.